The number of ether oxygens (including phenoxy) is 1. The Hall–Kier alpha value is -2.45. The summed E-state index contributed by atoms with van der Waals surface area (Å²) in [6.45, 7) is 5.39. The molecule has 0 atom stereocenters. The first-order valence-corrected chi connectivity index (χ1v) is 10.5. The highest BCUT2D eigenvalue weighted by molar-refractivity contribution is 7.93. The van der Waals surface area contributed by atoms with Crippen molar-refractivity contribution in [3.8, 4) is 0 Å². The number of hydrogen-bond donors (Lipinski definition) is 1. The molecule has 0 unspecified atom stereocenters. The number of esters is 1. The van der Waals surface area contributed by atoms with Crippen LogP contribution in [0.5, 0.6) is 0 Å². The highest BCUT2D eigenvalue weighted by Crippen LogP contribution is 2.37. The van der Waals surface area contributed by atoms with E-state index in [-0.39, 0.29) is 16.9 Å². The lowest BCUT2D eigenvalue weighted by atomic mass is 10.1. The van der Waals surface area contributed by atoms with Crippen molar-refractivity contribution in [2.45, 2.75) is 25.7 Å². The van der Waals surface area contributed by atoms with Crippen molar-refractivity contribution in [3.05, 3.63) is 58.2 Å². The van der Waals surface area contributed by atoms with Gasteiger partial charge in [0.05, 0.1) is 6.61 Å². The second-order valence-electron chi connectivity index (χ2n) is 6.08. The first-order chi connectivity index (χ1) is 12.7. The summed E-state index contributed by atoms with van der Waals surface area (Å²) in [7, 11) is -4.23. The molecule has 0 aliphatic carbocycles. The Bertz CT molecular complexity index is 1120. The third-order valence-corrected chi connectivity index (χ3v) is 6.54. The number of carbonyl (C=O) groups excluding carboxylic acids is 1. The van der Waals surface area contributed by atoms with Crippen LogP contribution < -0.4 is 4.72 Å². The first-order valence-electron chi connectivity index (χ1n) is 8.22. The second-order valence-corrected chi connectivity index (χ2v) is 8.75. The highest BCUT2D eigenvalue weighted by atomic mass is 32.2. The highest BCUT2D eigenvalue weighted by Gasteiger charge is 2.31. The number of aryl methyl sites for hydroxylation is 2. The summed E-state index contributed by atoms with van der Waals surface area (Å²) >= 11 is 0.896. The standard InChI is InChI=1S/C19H18FNO4S2/c1-4-25-19(22)17-18(16-14(20)6-5-7-15(16)26-17)27(23,24)21-13-9-11(2)8-12(3)10-13/h5-10,21H,4H2,1-3H3. The summed E-state index contributed by atoms with van der Waals surface area (Å²) in [4.78, 5) is 11.8. The average molecular weight is 407 g/mol. The SMILES string of the molecule is CCOC(=O)c1sc2cccc(F)c2c1S(=O)(=O)Nc1cc(C)cc(C)c1. The zero-order valence-corrected chi connectivity index (χ0v) is 16.6. The number of halogens is 1. The fourth-order valence-electron chi connectivity index (χ4n) is 2.91. The topological polar surface area (TPSA) is 72.5 Å². The number of hydrogen-bond acceptors (Lipinski definition) is 5. The largest absolute Gasteiger partial charge is 0.462 e. The number of rotatable bonds is 5. The van der Waals surface area contributed by atoms with Gasteiger partial charge in [-0.2, -0.15) is 0 Å². The lowest BCUT2D eigenvalue weighted by Gasteiger charge is -2.11. The minimum atomic E-state index is -4.23. The number of thiophene rings is 1. The molecule has 0 spiro atoms. The maximum absolute atomic E-state index is 14.5. The van der Waals surface area contributed by atoms with Gasteiger partial charge >= 0.3 is 5.97 Å². The fourth-order valence-corrected chi connectivity index (χ4v) is 5.76. The van der Waals surface area contributed by atoms with Crippen molar-refractivity contribution in [1.82, 2.24) is 0 Å². The average Bonchev–Trinajstić information content (AvgIpc) is 2.95. The molecule has 1 N–H and O–H groups in total. The van der Waals surface area contributed by atoms with Crippen LogP contribution in [0, 0.1) is 19.7 Å². The van der Waals surface area contributed by atoms with Crippen LogP contribution in [0.3, 0.4) is 0 Å². The van der Waals surface area contributed by atoms with Crippen LogP contribution in [0.2, 0.25) is 0 Å². The summed E-state index contributed by atoms with van der Waals surface area (Å²) < 4.78 is 48.5. The summed E-state index contributed by atoms with van der Waals surface area (Å²) in [5, 5.41) is -0.109. The minimum absolute atomic E-state index is 0.0829. The molecule has 3 rings (SSSR count). The molecule has 0 saturated heterocycles. The smallest absolute Gasteiger partial charge is 0.349 e. The van der Waals surface area contributed by atoms with E-state index in [2.05, 4.69) is 4.72 Å². The maximum Gasteiger partial charge on any atom is 0.349 e. The van der Waals surface area contributed by atoms with E-state index < -0.39 is 26.7 Å². The number of benzene rings is 2. The van der Waals surface area contributed by atoms with E-state index >= 15 is 0 Å². The van der Waals surface area contributed by atoms with Gasteiger partial charge in [0.1, 0.15) is 15.6 Å². The van der Waals surface area contributed by atoms with Gasteiger partial charge < -0.3 is 4.74 Å². The van der Waals surface area contributed by atoms with Crippen LogP contribution >= 0.6 is 11.3 Å². The number of fused-ring (bicyclic) bond motifs is 1. The summed E-state index contributed by atoms with van der Waals surface area (Å²) in [6.07, 6.45) is 0. The number of nitrogens with one attached hydrogen (secondary N) is 1. The Morgan fingerprint density at radius 1 is 1.19 bits per heavy atom. The second kappa shape index (κ2) is 7.28. The monoisotopic (exact) mass is 407 g/mol. The lowest BCUT2D eigenvalue weighted by Crippen LogP contribution is -2.17. The number of anilines is 1. The molecule has 142 valence electrons. The Kier molecular flexibility index (Phi) is 5.21. The van der Waals surface area contributed by atoms with Crippen molar-refractivity contribution >= 4 is 43.1 Å². The third-order valence-electron chi connectivity index (χ3n) is 3.82. The van der Waals surface area contributed by atoms with E-state index in [1.165, 1.54) is 12.1 Å². The normalized spacial score (nSPS) is 11.6. The lowest BCUT2D eigenvalue weighted by molar-refractivity contribution is 0.0528. The zero-order chi connectivity index (χ0) is 19.8. The molecule has 0 aliphatic heterocycles. The molecule has 2 aromatic carbocycles. The molecule has 5 nitrogen and oxygen atoms in total. The van der Waals surface area contributed by atoms with Gasteiger partial charge in [-0.25, -0.2) is 17.6 Å². The summed E-state index contributed by atoms with van der Waals surface area (Å²) in [5.74, 6) is -1.50. The molecule has 1 heterocycles. The summed E-state index contributed by atoms with van der Waals surface area (Å²) in [5.41, 5.74) is 2.09. The predicted octanol–water partition coefficient (Wildman–Crippen LogP) is 4.63. The van der Waals surface area contributed by atoms with E-state index in [0.717, 1.165) is 22.5 Å². The Balaban J connectivity index is 2.21. The predicted molar refractivity (Wildman–Crippen MR) is 104 cm³/mol. The molecule has 0 fully saturated rings. The van der Waals surface area contributed by atoms with Gasteiger partial charge in [-0.1, -0.05) is 12.1 Å². The maximum atomic E-state index is 14.5. The molecule has 0 aliphatic rings. The van der Waals surface area contributed by atoms with Crippen LogP contribution in [0.4, 0.5) is 10.1 Å². The molecule has 1 aromatic heterocycles. The van der Waals surface area contributed by atoms with E-state index in [4.69, 9.17) is 4.74 Å². The molecule has 0 saturated carbocycles. The van der Waals surface area contributed by atoms with E-state index in [1.54, 1.807) is 25.1 Å². The first kappa shape index (κ1) is 19.3. The Labute approximate surface area is 160 Å². The van der Waals surface area contributed by atoms with Gasteiger partial charge in [0.15, 0.2) is 0 Å². The van der Waals surface area contributed by atoms with E-state index in [1.807, 2.05) is 19.9 Å². The molecule has 8 heteroatoms. The molecule has 27 heavy (non-hydrogen) atoms. The summed E-state index contributed by atoms with van der Waals surface area (Å²) in [6, 6.07) is 9.44. The third kappa shape index (κ3) is 3.81. The van der Waals surface area contributed by atoms with Crippen LogP contribution in [0.15, 0.2) is 41.3 Å². The molecule has 0 amide bonds. The van der Waals surface area contributed by atoms with Gasteiger partial charge in [-0.3, -0.25) is 4.72 Å². The van der Waals surface area contributed by atoms with E-state index in [9.17, 15) is 17.6 Å². The van der Waals surface area contributed by atoms with Crippen LogP contribution in [-0.4, -0.2) is 21.0 Å². The van der Waals surface area contributed by atoms with Crippen molar-refractivity contribution in [2.75, 3.05) is 11.3 Å². The fraction of sp³-hybridized carbons (Fsp3) is 0.211. The van der Waals surface area contributed by atoms with Crippen molar-refractivity contribution in [1.29, 1.82) is 0 Å². The number of sulfonamides is 1. The Morgan fingerprint density at radius 3 is 2.48 bits per heavy atom. The van der Waals surface area contributed by atoms with Gasteiger partial charge in [0.25, 0.3) is 10.0 Å². The van der Waals surface area contributed by atoms with Crippen LogP contribution in [0.1, 0.15) is 27.7 Å². The molecular weight excluding hydrogens is 389 g/mol. The van der Waals surface area contributed by atoms with Gasteiger partial charge in [0.2, 0.25) is 0 Å². The zero-order valence-electron chi connectivity index (χ0n) is 15.0. The van der Waals surface area contributed by atoms with Gasteiger partial charge in [-0.05, 0) is 56.2 Å². The van der Waals surface area contributed by atoms with Gasteiger partial charge in [-0.15, -0.1) is 11.3 Å². The van der Waals surface area contributed by atoms with Crippen LogP contribution in [-0.2, 0) is 14.8 Å². The minimum Gasteiger partial charge on any atom is -0.462 e. The van der Waals surface area contributed by atoms with Gasteiger partial charge in [0, 0.05) is 15.8 Å². The van der Waals surface area contributed by atoms with Crippen LogP contribution in [0.25, 0.3) is 10.1 Å². The molecular formula is C19H18FNO4S2. The Morgan fingerprint density at radius 2 is 1.85 bits per heavy atom. The van der Waals surface area contributed by atoms with Crippen molar-refractivity contribution in [2.24, 2.45) is 0 Å². The molecule has 0 bridgehead atoms. The quantitative estimate of drug-likeness (QED) is 0.626. The van der Waals surface area contributed by atoms with Crippen molar-refractivity contribution in [3.63, 3.8) is 0 Å². The van der Waals surface area contributed by atoms with Crippen molar-refractivity contribution < 1.29 is 22.3 Å². The number of carbonyl (C=O) groups is 1. The molecule has 3 aromatic rings. The van der Waals surface area contributed by atoms with E-state index in [0.29, 0.717) is 10.4 Å². The molecule has 0 radical (unpaired) electrons.